The predicted molar refractivity (Wildman–Crippen MR) is 115 cm³/mol. The molecule has 1 heterocycles. The average molecular weight is 394 g/mol. The van der Waals surface area contributed by atoms with Gasteiger partial charge in [0.05, 0.1) is 6.67 Å². The molecular weight excluding hydrogens is 350 g/mol. The van der Waals surface area contributed by atoms with Crippen LogP contribution in [-0.4, -0.2) is 47.5 Å². The SMILES string of the molecule is CCCCCCCCCCCN(C)CN1C(=O)NC(C)(C2CCCCC2)C1=O. The summed E-state index contributed by atoms with van der Waals surface area (Å²) in [5.41, 5.74) is -0.698. The second-order valence-corrected chi connectivity index (χ2v) is 9.25. The normalized spacial score (nSPS) is 23.6. The Labute approximate surface area is 172 Å². The van der Waals surface area contributed by atoms with Crippen LogP contribution in [0.1, 0.15) is 104 Å². The first-order valence-electron chi connectivity index (χ1n) is 11.8. The smallest absolute Gasteiger partial charge is 0.323 e. The lowest BCUT2D eigenvalue weighted by atomic mass is 9.75. The van der Waals surface area contributed by atoms with E-state index in [9.17, 15) is 9.59 Å². The monoisotopic (exact) mass is 393 g/mol. The number of unbranched alkanes of at least 4 members (excludes halogenated alkanes) is 8. The maximum atomic E-state index is 13.0. The molecule has 1 aliphatic carbocycles. The van der Waals surface area contributed by atoms with Crippen molar-refractivity contribution in [1.29, 1.82) is 0 Å². The van der Waals surface area contributed by atoms with Crippen molar-refractivity contribution in [3.63, 3.8) is 0 Å². The summed E-state index contributed by atoms with van der Waals surface area (Å²) in [4.78, 5) is 29.0. The number of rotatable bonds is 13. The molecule has 2 rings (SSSR count). The summed E-state index contributed by atoms with van der Waals surface area (Å²) in [6, 6.07) is -0.211. The molecule has 0 radical (unpaired) electrons. The highest BCUT2D eigenvalue weighted by molar-refractivity contribution is 6.06. The molecule has 0 aromatic rings. The van der Waals surface area contributed by atoms with Crippen molar-refractivity contribution in [2.24, 2.45) is 5.92 Å². The van der Waals surface area contributed by atoms with Crippen molar-refractivity contribution in [1.82, 2.24) is 15.1 Å². The minimum Gasteiger partial charge on any atom is -0.323 e. The van der Waals surface area contributed by atoms with Crippen LogP contribution in [0.5, 0.6) is 0 Å². The highest BCUT2D eigenvalue weighted by Crippen LogP contribution is 2.36. The number of imide groups is 1. The van der Waals surface area contributed by atoms with E-state index in [-0.39, 0.29) is 17.9 Å². The lowest BCUT2D eigenvalue weighted by Crippen LogP contribution is -2.51. The molecule has 1 saturated carbocycles. The molecule has 1 unspecified atom stereocenters. The molecule has 1 aliphatic heterocycles. The summed E-state index contributed by atoms with van der Waals surface area (Å²) >= 11 is 0. The van der Waals surface area contributed by atoms with E-state index in [1.165, 1.54) is 75.5 Å². The second kappa shape index (κ2) is 11.8. The third-order valence-electron chi connectivity index (χ3n) is 6.75. The zero-order chi connectivity index (χ0) is 20.4. The van der Waals surface area contributed by atoms with Gasteiger partial charge in [-0.3, -0.25) is 9.69 Å². The molecule has 1 atom stereocenters. The average Bonchev–Trinajstić information content (AvgIpc) is 2.91. The van der Waals surface area contributed by atoms with Crippen molar-refractivity contribution in [2.75, 3.05) is 20.3 Å². The maximum Gasteiger partial charge on any atom is 0.326 e. The minimum absolute atomic E-state index is 0.0247. The fraction of sp³-hybridized carbons (Fsp3) is 0.913. The van der Waals surface area contributed by atoms with E-state index in [2.05, 4.69) is 17.1 Å². The molecule has 0 spiro atoms. The van der Waals surface area contributed by atoms with Gasteiger partial charge in [0.25, 0.3) is 5.91 Å². The lowest BCUT2D eigenvalue weighted by molar-refractivity contribution is -0.134. The molecule has 0 aromatic heterocycles. The van der Waals surface area contributed by atoms with Gasteiger partial charge in [0, 0.05) is 0 Å². The molecule has 5 nitrogen and oxygen atoms in total. The van der Waals surface area contributed by atoms with Crippen LogP contribution in [-0.2, 0) is 4.79 Å². The Morgan fingerprint density at radius 3 is 2.14 bits per heavy atom. The minimum atomic E-state index is -0.698. The van der Waals surface area contributed by atoms with Crippen LogP contribution in [0.3, 0.4) is 0 Å². The molecule has 1 saturated heterocycles. The van der Waals surface area contributed by atoms with E-state index in [4.69, 9.17) is 0 Å². The molecule has 162 valence electrons. The van der Waals surface area contributed by atoms with Crippen LogP contribution >= 0.6 is 0 Å². The van der Waals surface area contributed by atoms with Gasteiger partial charge >= 0.3 is 6.03 Å². The number of nitrogens with zero attached hydrogens (tertiary/aromatic N) is 2. The number of hydrogen-bond acceptors (Lipinski definition) is 3. The number of carbonyl (C=O) groups excluding carboxylic acids is 2. The zero-order valence-electron chi connectivity index (χ0n) is 18.6. The van der Waals surface area contributed by atoms with E-state index < -0.39 is 5.54 Å². The molecule has 0 aromatic carbocycles. The molecule has 28 heavy (non-hydrogen) atoms. The van der Waals surface area contributed by atoms with E-state index in [0.29, 0.717) is 6.67 Å². The summed E-state index contributed by atoms with van der Waals surface area (Å²) in [5.74, 6) is 0.258. The van der Waals surface area contributed by atoms with Gasteiger partial charge in [-0.15, -0.1) is 0 Å². The highest BCUT2D eigenvalue weighted by Gasteiger charge is 2.52. The Morgan fingerprint density at radius 1 is 0.964 bits per heavy atom. The Kier molecular flexibility index (Phi) is 9.76. The first-order chi connectivity index (χ1) is 13.5. The Morgan fingerprint density at radius 2 is 1.54 bits per heavy atom. The van der Waals surface area contributed by atoms with Crippen LogP contribution in [0, 0.1) is 5.92 Å². The predicted octanol–water partition coefficient (Wildman–Crippen LogP) is 5.30. The molecule has 5 heteroatoms. The molecule has 1 N–H and O–H groups in total. The number of amides is 3. The second-order valence-electron chi connectivity index (χ2n) is 9.25. The van der Waals surface area contributed by atoms with Crippen LogP contribution in [0.15, 0.2) is 0 Å². The third-order valence-corrected chi connectivity index (χ3v) is 6.75. The first-order valence-corrected chi connectivity index (χ1v) is 11.8. The molecule has 0 bridgehead atoms. The van der Waals surface area contributed by atoms with Gasteiger partial charge in [-0.1, -0.05) is 77.6 Å². The summed E-state index contributed by atoms with van der Waals surface area (Å²) in [5, 5.41) is 3.02. The maximum absolute atomic E-state index is 13.0. The van der Waals surface area contributed by atoms with Crippen LogP contribution < -0.4 is 5.32 Å². The number of nitrogens with one attached hydrogen (secondary N) is 1. The summed E-state index contributed by atoms with van der Waals surface area (Å²) in [7, 11) is 2.02. The van der Waals surface area contributed by atoms with E-state index in [1.807, 2.05) is 14.0 Å². The highest BCUT2D eigenvalue weighted by atomic mass is 16.2. The van der Waals surface area contributed by atoms with E-state index in [0.717, 1.165) is 25.8 Å². The van der Waals surface area contributed by atoms with Crippen LogP contribution in [0.25, 0.3) is 0 Å². The van der Waals surface area contributed by atoms with Gasteiger partial charge in [0.1, 0.15) is 5.54 Å². The van der Waals surface area contributed by atoms with E-state index in [1.54, 1.807) is 0 Å². The standard InChI is InChI=1S/C23H43N3O2/c1-4-5-6-7-8-9-10-11-15-18-25(3)19-26-21(27)23(2,24-22(26)28)20-16-13-12-14-17-20/h20H,4-19H2,1-3H3,(H,24,28). The molecule has 2 aliphatic rings. The zero-order valence-corrected chi connectivity index (χ0v) is 18.6. The van der Waals surface area contributed by atoms with E-state index >= 15 is 0 Å². The van der Waals surface area contributed by atoms with Crippen molar-refractivity contribution in [3.05, 3.63) is 0 Å². The first kappa shape index (κ1) is 23.2. The third kappa shape index (κ3) is 6.47. The fourth-order valence-corrected chi connectivity index (χ4v) is 4.81. The van der Waals surface area contributed by atoms with Crippen LogP contribution in [0.2, 0.25) is 0 Å². The van der Waals surface area contributed by atoms with Crippen LogP contribution in [0.4, 0.5) is 4.79 Å². The summed E-state index contributed by atoms with van der Waals surface area (Å²) in [6.07, 6.45) is 17.5. The summed E-state index contributed by atoms with van der Waals surface area (Å²) < 4.78 is 0. The van der Waals surface area contributed by atoms with Gasteiger partial charge < -0.3 is 5.32 Å². The Balaban J connectivity index is 1.65. The Bertz CT molecular complexity index is 490. The van der Waals surface area contributed by atoms with Gasteiger partial charge in [-0.05, 0) is 45.7 Å². The molecule has 3 amide bonds. The largest absolute Gasteiger partial charge is 0.326 e. The lowest BCUT2D eigenvalue weighted by Gasteiger charge is -2.34. The van der Waals surface area contributed by atoms with Gasteiger partial charge in [0.2, 0.25) is 0 Å². The topological polar surface area (TPSA) is 52.6 Å². The Hall–Kier alpha value is -1.10. The fourth-order valence-electron chi connectivity index (χ4n) is 4.81. The number of hydrogen-bond donors (Lipinski definition) is 1. The van der Waals surface area contributed by atoms with Gasteiger partial charge in [0.15, 0.2) is 0 Å². The number of carbonyl (C=O) groups is 2. The van der Waals surface area contributed by atoms with Gasteiger partial charge in [-0.2, -0.15) is 0 Å². The van der Waals surface area contributed by atoms with Gasteiger partial charge in [-0.25, -0.2) is 9.69 Å². The number of urea groups is 1. The quantitative estimate of drug-likeness (QED) is 0.341. The summed E-state index contributed by atoms with van der Waals surface area (Å²) in [6.45, 7) is 5.53. The van der Waals surface area contributed by atoms with Crippen molar-refractivity contribution < 1.29 is 9.59 Å². The molecule has 2 fully saturated rings. The van der Waals surface area contributed by atoms with Crippen molar-refractivity contribution in [3.8, 4) is 0 Å². The van der Waals surface area contributed by atoms with Crippen molar-refractivity contribution >= 4 is 11.9 Å². The van der Waals surface area contributed by atoms with Crippen molar-refractivity contribution in [2.45, 2.75) is 109 Å². The molecular formula is C23H43N3O2.